The standard InChI is InChI=1S/2C10H7NO2S.Cu/c2*12-10(13)7-5-4-6-2-1-3-8(14)9(6)11-7;/h2*1-5,14H,(H,12,13);. The van der Waals surface area contributed by atoms with Crippen LogP contribution in [0.2, 0.25) is 0 Å². The van der Waals surface area contributed by atoms with Crippen molar-refractivity contribution in [3.05, 3.63) is 72.1 Å². The molecule has 2 N–H and O–H groups in total. The molecule has 9 heteroatoms. The molecule has 0 fully saturated rings. The summed E-state index contributed by atoms with van der Waals surface area (Å²) in [6, 6.07) is 17.4. The second kappa shape index (κ2) is 9.75. The van der Waals surface area contributed by atoms with E-state index in [1.54, 1.807) is 24.3 Å². The van der Waals surface area contributed by atoms with Gasteiger partial charge >= 0.3 is 11.9 Å². The number of hydrogen-bond donors (Lipinski definition) is 4. The Morgan fingerprint density at radius 2 is 1.03 bits per heavy atom. The monoisotopic (exact) mass is 473 g/mol. The second-order valence-corrected chi connectivity index (χ2v) is 6.66. The Labute approximate surface area is 187 Å². The number of hydrogen-bond acceptors (Lipinski definition) is 6. The largest absolute Gasteiger partial charge is 0.477 e. The van der Waals surface area contributed by atoms with Gasteiger partial charge in [-0.1, -0.05) is 36.4 Å². The Hall–Kier alpha value is -2.58. The van der Waals surface area contributed by atoms with Gasteiger partial charge in [0, 0.05) is 37.6 Å². The number of rotatable bonds is 2. The van der Waals surface area contributed by atoms with Gasteiger partial charge in [-0.2, -0.15) is 0 Å². The SMILES string of the molecule is O=C(O)c1ccc2cccc(S)c2n1.O=C(O)c1ccc2cccc(S)c2n1.[Cu]. The number of benzene rings is 2. The van der Waals surface area contributed by atoms with Crippen LogP contribution >= 0.6 is 25.3 Å². The molecule has 29 heavy (non-hydrogen) atoms. The van der Waals surface area contributed by atoms with E-state index in [4.69, 9.17) is 10.2 Å². The van der Waals surface area contributed by atoms with Crippen LogP contribution in [0.1, 0.15) is 21.0 Å². The number of fused-ring (bicyclic) bond motifs is 2. The molecule has 0 saturated carbocycles. The normalized spacial score (nSPS) is 10.0. The van der Waals surface area contributed by atoms with E-state index < -0.39 is 11.9 Å². The van der Waals surface area contributed by atoms with Crippen LogP contribution in [-0.4, -0.2) is 32.1 Å². The van der Waals surface area contributed by atoms with E-state index in [0.29, 0.717) is 20.8 Å². The molecule has 0 bridgehead atoms. The van der Waals surface area contributed by atoms with E-state index in [2.05, 4.69) is 35.2 Å². The summed E-state index contributed by atoms with van der Waals surface area (Å²) >= 11 is 8.42. The summed E-state index contributed by atoms with van der Waals surface area (Å²) in [5.74, 6) is -2.05. The van der Waals surface area contributed by atoms with Crippen LogP contribution in [0.25, 0.3) is 21.8 Å². The molecule has 1 radical (unpaired) electrons. The van der Waals surface area contributed by atoms with Gasteiger partial charge in [-0.25, -0.2) is 19.6 Å². The molecule has 0 unspecified atom stereocenters. The molecular weight excluding hydrogens is 460 g/mol. The number of para-hydroxylation sites is 2. The van der Waals surface area contributed by atoms with Gasteiger partial charge in [0.05, 0.1) is 11.0 Å². The molecule has 4 aromatic rings. The zero-order chi connectivity index (χ0) is 20.3. The van der Waals surface area contributed by atoms with E-state index >= 15 is 0 Å². The molecule has 2 heterocycles. The Morgan fingerprint density at radius 1 is 0.655 bits per heavy atom. The van der Waals surface area contributed by atoms with Crippen LogP contribution in [0.4, 0.5) is 0 Å². The van der Waals surface area contributed by atoms with Crippen LogP contribution in [0.3, 0.4) is 0 Å². The summed E-state index contributed by atoms with van der Waals surface area (Å²) in [5, 5.41) is 19.3. The Morgan fingerprint density at radius 3 is 1.38 bits per heavy atom. The molecule has 4 rings (SSSR count). The first-order chi connectivity index (χ1) is 13.4. The summed E-state index contributed by atoms with van der Waals surface area (Å²) in [5.41, 5.74) is 1.32. The van der Waals surface area contributed by atoms with Crippen molar-refractivity contribution in [2.75, 3.05) is 0 Å². The molecule has 0 atom stereocenters. The third kappa shape index (κ3) is 5.27. The van der Waals surface area contributed by atoms with Gasteiger partial charge in [0.1, 0.15) is 11.4 Å². The average molecular weight is 474 g/mol. The number of carboxylic acid groups (broad SMARTS) is 2. The van der Waals surface area contributed by atoms with E-state index in [0.717, 1.165) is 10.8 Å². The average Bonchev–Trinajstić information content (AvgIpc) is 2.68. The Kier molecular flexibility index (Phi) is 7.64. The van der Waals surface area contributed by atoms with Gasteiger partial charge in [0.25, 0.3) is 0 Å². The van der Waals surface area contributed by atoms with E-state index in [9.17, 15) is 9.59 Å². The fraction of sp³-hybridized carbons (Fsp3) is 0. The maximum absolute atomic E-state index is 10.7. The maximum Gasteiger partial charge on any atom is 0.354 e. The number of thiol groups is 2. The minimum Gasteiger partial charge on any atom is -0.477 e. The minimum atomic E-state index is -1.02. The summed E-state index contributed by atoms with van der Waals surface area (Å²) in [6.07, 6.45) is 0. The molecule has 2 aromatic carbocycles. The van der Waals surface area contributed by atoms with Crippen molar-refractivity contribution >= 4 is 59.0 Å². The fourth-order valence-corrected chi connectivity index (χ4v) is 3.03. The Balaban J connectivity index is 0.000000200. The zero-order valence-electron chi connectivity index (χ0n) is 14.6. The third-order valence-electron chi connectivity index (χ3n) is 3.84. The third-order valence-corrected chi connectivity index (χ3v) is 4.56. The van der Waals surface area contributed by atoms with E-state index in [-0.39, 0.29) is 28.5 Å². The smallest absolute Gasteiger partial charge is 0.354 e. The number of aromatic nitrogens is 2. The second-order valence-electron chi connectivity index (χ2n) is 5.70. The molecule has 0 aliphatic heterocycles. The fourth-order valence-electron chi connectivity index (χ4n) is 2.50. The van der Waals surface area contributed by atoms with Gasteiger partial charge in [-0.3, -0.25) is 0 Å². The van der Waals surface area contributed by atoms with Gasteiger partial charge in [0.15, 0.2) is 0 Å². The van der Waals surface area contributed by atoms with Crippen LogP contribution in [-0.2, 0) is 17.1 Å². The van der Waals surface area contributed by atoms with Crippen molar-refractivity contribution in [1.82, 2.24) is 9.97 Å². The quantitative estimate of drug-likeness (QED) is 0.253. The summed E-state index contributed by atoms with van der Waals surface area (Å²) < 4.78 is 0. The molecule has 0 spiro atoms. The predicted molar refractivity (Wildman–Crippen MR) is 112 cm³/mol. The van der Waals surface area contributed by atoms with Gasteiger partial charge in [0.2, 0.25) is 0 Å². The van der Waals surface area contributed by atoms with Crippen LogP contribution in [0.5, 0.6) is 0 Å². The molecule has 2 aromatic heterocycles. The van der Waals surface area contributed by atoms with Crippen molar-refractivity contribution in [3.63, 3.8) is 0 Å². The van der Waals surface area contributed by atoms with Crippen LogP contribution in [0.15, 0.2) is 70.5 Å². The summed E-state index contributed by atoms with van der Waals surface area (Å²) in [4.78, 5) is 30.7. The number of carboxylic acids is 2. The molecule has 0 aliphatic rings. The molecule has 0 saturated heterocycles. The number of pyridine rings is 2. The topological polar surface area (TPSA) is 100 Å². The van der Waals surface area contributed by atoms with Crippen LogP contribution in [0, 0.1) is 0 Å². The predicted octanol–water partition coefficient (Wildman–Crippen LogP) is 4.44. The minimum absolute atomic E-state index is 0. The maximum atomic E-state index is 10.7. The number of carbonyl (C=O) groups is 2. The number of nitrogens with zero attached hydrogens (tertiary/aromatic N) is 2. The first-order valence-corrected chi connectivity index (χ1v) is 8.90. The van der Waals surface area contributed by atoms with E-state index in [1.165, 1.54) is 12.1 Å². The molecule has 0 aliphatic carbocycles. The number of aromatic carboxylic acids is 2. The van der Waals surface area contributed by atoms with Crippen molar-refractivity contribution in [1.29, 1.82) is 0 Å². The van der Waals surface area contributed by atoms with Crippen molar-refractivity contribution < 1.29 is 36.9 Å². The van der Waals surface area contributed by atoms with Gasteiger partial charge in [-0.15, -0.1) is 25.3 Å². The molecule has 0 amide bonds. The summed E-state index contributed by atoms with van der Waals surface area (Å²) in [7, 11) is 0. The first-order valence-electron chi connectivity index (χ1n) is 8.01. The van der Waals surface area contributed by atoms with E-state index in [1.807, 2.05) is 24.3 Å². The first kappa shape index (κ1) is 22.7. The van der Waals surface area contributed by atoms with Crippen molar-refractivity contribution in [2.45, 2.75) is 9.79 Å². The molecular formula is C20H14CuN2O4S2. The Bertz CT molecular complexity index is 1120. The molecule has 6 nitrogen and oxygen atoms in total. The van der Waals surface area contributed by atoms with Gasteiger partial charge < -0.3 is 10.2 Å². The summed E-state index contributed by atoms with van der Waals surface area (Å²) in [6.45, 7) is 0. The zero-order valence-corrected chi connectivity index (χ0v) is 17.3. The van der Waals surface area contributed by atoms with Crippen molar-refractivity contribution in [2.24, 2.45) is 0 Å². The van der Waals surface area contributed by atoms with Crippen LogP contribution < -0.4 is 0 Å². The van der Waals surface area contributed by atoms with Crippen molar-refractivity contribution in [3.8, 4) is 0 Å². The van der Waals surface area contributed by atoms with Gasteiger partial charge in [-0.05, 0) is 24.3 Å². The molecule has 151 valence electrons.